The van der Waals surface area contributed by atoms with E-state index in [0.29, 0.717) is 0 Å². The Hall–Kier alpha value is 1.82. The predicted molar refractivity (Wildman–Crippen MR) is 71.0 cm³/mol. The molecule has 0 bridgehead atoms. The fourth-order valence-electron chi connectivity index (χ4n) is 1.05. The van der Waals surface area contributed by atoms with Crippen molar-refractivity contribution in [1.29, 1.82) is 0 Å². The highest BCUT2D eigenvalue weighted by atomic mass is 35.5. The van der Waals surface area contributed by atoms with Crippen LogP contribution in [0.15, 0.2) is 0 Å². The molecular formula is C6H8Cl6FO3P. The standard InChI is InChI=1S/C6H6Cl6.FH2O3P/c7-1-2(8)4(10)6(12)5(11)3(1)9;1-5(2,3)4/h1-6H;(H2,2,3,4). The SMILES string of the molecule is ClC1C(Cl)C(Cl)C(Cl)C(Cl)C1Cl.O=P(O)(O)F. The molecule has 0 aromatic carbocycles. The third-order valence-electron chi connectivity index (χ3n) is 1.83. The second-order valence-corrected chi connectivity index (χ2v) is 7.11. The summed E-state index contributed by atoms with van der Waals surface area (Å²) in [4.78, 5) is 13.9. The summed E-state index contributed by atoms with van der Waals surface area (Å²) in [5.74, 6) is 0. The highest BCUT2D eigenvalue weighted by molar-refractivity contribution is 7.45. The Kier molecular flexibility index (Phi) is 8.37. The van der Waals surface area contributed by atoms with Gasteiger partial charge in [-0.15, -0.1) is 73.8 Å². The zero-order chi connectivity index (χ0) is 14.0. The first-order chi connectivity index (χ1) is 7.46. The van der Waals surface area contributed by atoms with E-state index in [9.17, 15) is 4.20 Å². The Labute approximate surface area is 128 Å². The van der Waals surface area contributed by atoms with Crippen LogP contribution in [0.25, 0.3) is 0 Å². The van der Waals surface area contributed by atoms with E-state index in [0.717, 1.165) is 0 Å². The van der Waals surface area contributed by atoms with Crippen molar-refractivity contribution >= 4 is 77.5 Å². The molecule has 104 valence electrons. The molecule has 2 N–H and O–H groups in total. The van der Waals surface area contributed by atoms with Crippen molar-refractivity contribution in [3.63, 3.8) is 0 Å². The van der Waals surface area contributed by atoms with Crippen molar-refractivity contribution in [2.75, 3.05) is 0 Å². The minimum atomic E-state index is -5.14. The van der Waals surface area contributed by atoms with E-state index in [4.69, 9.17) is 84.0 Å². The fourth-order valence-corrected chi connectivity index (χ4v) is 3.38. The molecule has 0 aromatic heterocycles. The summed E-state index contributed by atoms with van der Waals surface area (Å²) in [5, 5.41) is -2.62. The Morgan fingerprint density at radius 1 is 0.706 bits per heavy atom. The lowest BCUT2D eigenvalue weighted by atomic mass is 9.97. The van der Waals surface area contributed by atoms with Crippen LogP contribution in [-0.4, -0.2) is 42.0 Å². The van der Waals surface area contributed by atoms with Gasteiger partial charge < -0.3 is 0 Å². The monoisotopic (exact) mass is 388 g/mol. The zero-order valence-corrected chi connectivity index (χ0v) is 13.3. The summed E-state index contributed by atoms with van der Waals surface area (Å²) in [6.45, 7) is 0. The van der Waals surface area contributed by atoms with Gasteiger partial charge in [0.15, 0.2) is 0 Å². The van der Waals surface area contributed by atoms with Crippen molar-refractivity contribution < 1.29 is 18.5 Å². The highest BCUT2D eigenvalue weighted by Crippen LogP contribution is 2.39. The van der Waals surface area contributed by atoms with Crippen molar-refractivity contribution in [2.24, 2.45) is 0 Å². The lowest BCUT2D eigenvalue weighted by molar-refractivity contribution is 0.322. The average Bonchev–Trinajstić information content (AvgIpc) is 2.18. The molecule has 0 unspecified atom stereocenters. The molecule has 0 heterocycles. The fraction of sp³-hybridized carbons (Fsp3) is 1.00. The summed E-state index contributed by atoms with van der Waals surface area (Å²) in [7, 11) is -5.14. The van der Waals surface area contributed by atoms with Crippen LogP contribution in [0.4, 0.5) is 4.20 Å². The molecule has 0 atom stereocenters. The van der Waals surface area contributed by atoms with Gasteiger partial charge in [0.25, 0.3) is 0 Å². The largest absolute Gasteiger partial charge is 0.507 e. The smallest absolute Gasteiger partial charge is 0.299 e. The number of halogens is 7. The first-order valence-electron chi connectivity index (χ1n) is 4.06. The molecule has 1 aliphatic carbocycles. The maximum Gasteiger partial charge on any atom is 0.507 e. The van der Waals surface area contributed by atoms with E-state index in [-0.39, 0.29) is 0 Å². The second-order valence-electron chi connectivity index (χ2n) is 3.14. The number of rotatable bonds is 0. The van der Waals surface area contributed by atoms with E-state index < -0.39 is 40.2 Å². The number of hydrogen-bond acceptors (Lipinski definition) is 1. The maximum atomic E-state index is 10.4. The molecule has 1 fully saturated rings. The Morgan fingerprint density at radius 3 is 0.824 bits per heavy atom. The molecule has 11 heteroatoms. The minimum Gasteiger partial charge on any atom is -0.299 e. The summed E-state index contributed by atoms with van der Waals surface area (Å²) >= 11 is 35.3. The quantitative estimate of drug-likeness (QED) is 0.490. The molecule has 1 rings (SSSR count). The lowest BCUT2D eigenvalue weighted by Crippen LogP contribution is -2.52. The van der Waals surface area contributed by atoms with Crippen molar-refractivity contribution in [3.8, 4) is 0 Å². The molecule has 1 saturated carbocycles. The van der Waals surface area contributed by atoms with E-state index in [2.05, 4.69) is 0 Å². The summed E-state index contributed by atoms with van der Waals surface area (Å²) in [6, 6.07) is 0. The van der Waals surface area contributed by atoms with Crippen LogP contribution < -0.4 is 0 Å². The minimum absolute atomic E-state index is 0.437. The molecule has 0 amide bonds. The first-order valence-corrected chi connectivity index (χ1v) is 8.18. The summed E-state index contributed by atoms with van der Waals surface area (Å²) in [5.41, 5.74) is 0. The third-order valence-corrected chi connectivity index (χ3v) is 5.86. The summed E-state index contributed by atoms with van der Waals surface area (Å²) in [6.07, 6.45) is 0. The van der Waals surface area contributed by atoms with Gasteiger partial charge >= 0.3 is 7.91 Å². The lowest BCUT2D eigenvalue weighted by Gasteiger charge is -2.37. The predicted octanol–water partition coefficient (Wildman–Crippen LogP) is 3.69. The van der Waals surface area contributed by atoms with Crippen molar-refractivity contribution in [1.82, 2.24) is 0 Å². The Morgan fingerprint density at radius 2 is 0.765 bits per heavy atom. The maximum absolute atomic E-state index is 10.4. The van der Waals surface area contributed by atoms with Crippen LogP contribution in [0.1, 0.15) is 0 Å². The average molecular weight is 391 g/mol. The van der Waals surface area contributed by atoms with Crippen LogP contribution in [0.5, 0.6) is 0 Å². The number of hydrogen-bond donors (Lipinski definition) is 2. The van der Waals surface area contributed by atoms with Crippen molar-refractivity contribution in [3.05, 3.63) is 0 Å². The zero-order valence-electron chi connectivity index (χ0n) is 7.86. The molecule has 1 aliphatic rings. The number of alkyl halides is 6. The molecular weight excluding hydrogens is 383 g/mol. The molecule has 0 aromatic rings. The third kappa shape index (κ3) is 6.69. The molecule has 0 radical (unpaired) electrons. The van der Waals surface area contributed by atoms with Crippen LogP contribution in [0.2, 0.25) is 0 Å². The van der Waals surface area contributed by atoms with Gasteiger partial charge in [-0.3, -0.25) is 9.79 Å². The first kappa shape index (κ1) is 18.8. The molecule has 3 nitrogen and oxygen atoms in total. The van der Waals surface area contributed by atoms with E-state index in [1.165, 1.54) is 0 Å². The van der Waals surface area contributed by atoms with Gasteiger partial charge in [0.05, 0.1) is 32.3 Å². The Balaban J connectivity index is 0.000000437. The van der Waals surface area contributed by atoms with Crippen LogP contribution in [0.3, 0.4) is 0 Å². The van der Waals surface area contributed by atoms with Gasteiger partial charge in [-0.05, 0) is 0 Å². The van der Waals surface area contributed by atoms with Crippen LogP contribution >= 0.6 is 77.5 Å². The highest BCUT2D eigenvalue weighted by Gasteiger charge is 2.46. The van der Waals surface area contributed by atoms with Crippen LogP contribution in [-0.2, 0) is 4.57 Å². The van der Waals surface area contributed by atoms with E-state index in [1.54, 1.807) is 0 Å². The molecule has 0 spiro atoms. The normalized spacial score (nSPS) is 42.6. The van der Waals surface area contributed by atoms with Crippen molar-refractivity contribution in [2.45, 2.75) is 32.3 Å². The second kappa shape index (κ2) is 7.56. The van der Waals surface area contributed by atoms with Gasteiger partial charge in [0, 0.05) is 0 Å². The Bertz CT molecular complexity index is 224. The van der Waals surface area contributed by atoms with E-state index >= 15 is 0 Å². The van der Waals surface area contributed by atoms with Gasteiger partial charge in [-0.2, -0.15) is 0 Å². The molecule has 0 saturated heterocycles. The van der Waals surface area contributed by atoms with E-state index in [1.807, 2.05) is 0 Å². The molecule has 17 heavy (non-hydrogen) atoms. The van der Waals surface area contributed by atoms with Crippen LogP contribution in [0, 0.1) is 0 Å². The van der Waals surface area contributed by atoms with Gasteiger partial charge in [0.1, 0.15) is 0 Å². The van der Waals surface area contributed by atoms with Gasteiger partial charge in [-0.1, -0.05) is 0 Å². The van der Waals surface area contributed by atoms with Gasteiger partial charge in [-0.25, -0.2) is 4.57 Å². The van der Waals surface area contributed by atoms with Gasteiger partial charge in [0.2, 0.25) is 0 Å². The topological polar surface area (TPSA) is 57.5 Å². The summed E-state index contributed by atoms with van der Waals surface area (Å²) < 4.78 is 19.0. The molecule has 0 aliphatic heterocycles.